The molecule has 0 fully saturated rings. The molecule has 0 unspecified atom stereocenters. The Balaban J connectivity index is 1.32. The fourth-order valence-electron chi connectivity index (χ4n) is 4.38. The van der Waals surface area contributed by atoms with E-state index in [9.17, 15) is 0 Å². The van der Waals surface area contributed by atoms with Crippen LogP contribution in [0.4, 0.5) is 0 Å². The van der Waals surface area contributed by atoms with Gasteiger partial charge in [0, 0.05) is 28.0 Å². The monoisotopic (exact) mass is 519 g/mol. The summed E-state index contributed by atoms with van der Waals surface area (Å²) < 4.78 is 8.06. The van der Waals surface area contributed by atoms with Crippen molar-refractivity contribution in [2.45, 2.75) is 6.42 Å². The molecule has 0 atom stereocenters. The Hall–Kier alpha value is -4.33. The van der Waals surface area contributed by atoms with Crippen LogP contribution in [0.2, 0.25) is 5.02 Å². The van der Waals surface area contributed by atoms with Crippen LogP contribution in [0, 0.1) is 0 Å². The van der Waals surface area contributed by atoms with Crippen LogP contribution < -0.4 is 0 Å². The van der Waals surface area contributed by atoms with Crippen molar-refractivity contribution >= 4 is 38.8 Å². The van der Waals surface area contributed by atoms with Gasteiger partial charge in [0.05, 0.1) is 5.52 Å². The summed E-state index contributed by atoms with van der Waals surface area (Å²) in [6.45, 7) is 0. The Morgan fingerprint density at radius 2 is 1.59 bits per heavy atom. The van der Waals surface area contributed by atoms with Gasteiger partial charge in [-0.05, 0) is 54.1 Å². The van der Waals surface area contributed by atoms with Gasteiger partial charge < -0.3 is 4.42 Å². The zero-order valence-electron chi connectivity index (χ0n) is 19.4. The smallest absolute Gasteiger partial charge is 0.234 e. The Morgan fingerprint density at radius 3 is 2.46 bits per heavy atom. The summed E-state index contributed by atoms with van der Waals surface area (Å²) in [7, 11) is 0. The maximum atomic E-state index is 6.21. The highest BCUT2D eigenvalue weighted by Crippen LogP contribution is 2.36. The Kier molecular flexibility index (Phi) is 5.30. The lowest BCUT2D eigenvalue weighted by atomic mass is 10.1. The van der Waals surface area contributed by atoms with Gasteiger partial charge in [-0.15, -0.1) is 10.2 Å². The molecule has 0 amide bonds. The summed E-state index contributed by atoms with van der Waals surface area (Å²) in [5, 5.41) is 16.2. The molecule has 37 heavy (non-hydrogen) atoms. The molecule has 0 saturated carbocycles. The highest BCUT2D eigenvalue weighted by molar-refractivity contribution is 7.19. The molecule has 4 aromatic heterocycles. The molecule has 7 rings (SSSR count). The lowest BCUT2D eigenvalue weighted by Gasteiger charge is -2.06. The minimum Gasteiger partial charge on any atom is -0.454 e. The molecule has 8 heteroatoms. The van der Waals surface area contributed by atoms with E-state index < -0.39 is 0 Å². The molecular weight excluding hydrogens is 502 g/mol. The van der Waals surface area contributed by atoms with Crippen molar-refractivity contribution in [1.29, 1.82) is 0 Å². The number of hydrogen-bond acceptors (Lipinski definition) is 6. The molecule has 0 spiro atoms. The summed E-state index contributed by atoms with van der Waals surface area (Å²) in [6, 6.07) is 31.8. The highest BCUT2D eigenvalue weighted by Gasteiger charge is 2.18. The van der Waals surface area contributed by atoms with Crippen LogP contribution >= 0.6 is 22.9 Å². The Labute approximate surface area is 220 Å². The van der Waals surface area contributed by atoms with Gasteiger partial charge in [0.15, 0.2) is 11.6 Å². The van der Waals surface area contributed by atoms with E-state index in [1.807, 2.05) is 83.4 Å². The third-order valence-electron chi connectivity index (χ3n) is 6.19. The zero-order chi connectivity index (χ0) is 24.8. The Morgan fingerprint density at radius 1 is 0.811 bits per heavy atom. The molecule has 178 valence electrons. The highest BCUT2D eigenvalue weighted by atomic mass is 35.5. The molecular formula is C29H18ClN5OS. The van der Waals surface area contributed by atoms with Crippen molar-refractivity contribution < 1.29 is 4.42 Å². The number of pyridine rings is 1. The maximum Gasteiger partial charge on any atom is 0.234 e. The standard InChI is InChI=1S/C29H18ClN5OS/c30-20-12-10-19(11-13-20)25-14-15-26(36-25)24-17-22(21-8-4-5-9-23(21)31-24)28-34-35-27(32-33-29(35)37-28)16-18-6-2-1-3-7-18/h1-15,17H,16H2. The Bertz CT molecular complexity index is 1870. The van der Waals surface area contributed by atoms with Gasteiger partial charge in [0.2, 0.25) is 4.96 Å². The van der Waals surface area contributed by atoms with E-state index in [1.54, 1.807) is 0 Å². The van der Waals surface area contributed by atoms with Crippen LogP contribution in [0.25, 0.3) is 49.2 Å². The summed E-state index contributed by atoms with van der Waals surface area (Å²) >= 11 is 7.56. The fraction of sp³-hybridized carbons (Fsp3) is 0.0345. The van der Waals surface area contributed by atoms with Crippen LogP contribution in [0.5, 0.6) is 0 Å². The largest absolute Gasteiger partial charge is 0.454 e. The number of halogens is 1. The molecule has 7 aromatic rings. The van der Waals surface area contributed by atoms with Crippen molar-refractivity contribution in [3.63, 3.8) is 0 Å². The van der Waals surface area contributed by atoms with E-state index in [0.717, 1.165) is 54.8 Å². The van der Waals surface area contributed by atoms with Gasteiger partial charge in [0.1, 0.15) is 16.5 Å². The second-order valence-corrected chi connectivity index (χ2v) is 10.0. The minimum absolute atomic E-state index is 0.660. The number of para-hydroxylation sites is 1. The lowest BCUT2D eigenvalue weighted by Crippen LogP contribution is -1.98. The van der Waals surface area contributed by atoms with E-state index in [-0.39, 0.29) is 0 Å². The van der Waals surface area contributed by atoms with Crippen molar-refractivity contribution in [2.24, 2.45) is 0 Å². The average Bonchev–Trinajstić information content (AvgIpc) is 3.67. The normalized spacial score (nSPS) is 11.5. The van der Waals surface area contributed by atoms with E-state index >= 15 is 0 Å². The van der Waals surface area contributed by atoms with Gasteiger partial charge >= 0.3 is 0 Å². The quantitative estimate of drug-likeness (QED) is 0.234. The van der Waals surface area contributed by atoms with Gasteiger partial charge in [0.25, 0.3) is 0 Å². The number of rotatable bonds is 5. The van der Waals surface area contributed by atoms with Crippen LogP contribution in [0.3, 0.4) is 0 Å². The average molecular weight is 520 g/mol. The molecule has 0 aliphatic heterocycles. The van der Waals surface area contributed by atoms with Crippen LogP contribution in [-0.2, 0) is 6.42 Å². The number of fused-ring (bicyclic) bond motifs is 2. The first kappa shape index (κ1) is 21.9. The molecule has 0 radical (unpaired) electrons. The number of hydrogen-bond donors (Lipinski definition) is 0. The molecule has 0 aliphatic carbocycles. The molecule has 0 aliphatic rings. The van der Waals surface area contributed by atoms with Gasteiger partial charge in [-0.2, -0.15) is 9.61 Å². The minimum atomic E-state index is 0.660. The first-order valence-corrected chi connectivity index (χ1v) is 12.9. The van der Waals surface area contributed by atoms with Crippen LogP contribution in [-0.4, -0.2) is 24.8 Å². The second kappa shape index (κ2) is 8.96. The summed E-state index contributed by atoms with van der Waals surface area (Å²) in [4.78, 5) is 5.65. The first-order chi connectivity index (χ1) is 18.2. The van der Waals surface area contributed by atoms with Crippen molar-refractivity contribution in [3.05, 3.63) is 113 Å². The summed E-state index contributed by atoms with van der Waals surface area (Å²) in [6.07, 6.45) is 0.660. The molecule has 0 bridgehead atoms. The molecule has 3 aromatic carbocycles. The van der Waals surface area contributed by atoms with Crippen LogP contribution in [0.1, 0.15) is 11.4 Å². The third-order valence-corrected chi connectivity index (χ3v) is 7.38. The SMILES string of the molecule is Clc1ccc(-c2ccc(-c3cc(-c4nn5c(Cc6ccccc6)nnc5s4)c4ccccc4n3)o2)cc1. The zero-order valence-corrected chi connectivity index (χ0v) is 20.9. The summed E-state index contributed by atoms with van der Waals surface area (Å²) in [5.41, 5.74) is 4.71. The predicted octanol–water partition coefficient (Wildman–Crippen LogP) is 7.57. The van der Waals surface area contributed by atoms with Gasteiger partial charge in [-0.25, -0.2) is 4.98 Å². The van der Waals surface area contributed by atoms with E-state index in [4.69, 9.17) is 26.1 Å². The first-order valence-electron chi connectivity index (χ1n) is 11.7. The number of furan rings is 1. The lowest BCUT2D eigenvalue weighted by molar-refractivity contribution is 0.595. The maximum absolute atomic E-state index is 6.21. The van der Waals surface area contributed by atoms with Crippen LogP contribution in [0.15, 0.2) is 101 Å². The third kappa shape index (κ3) is 4.08. The molecule has 0 N–H and O–H groups in total. The van der Waals surface area contributed by atoms with Crippen molar-refractivity contribution in [2.75, 3.05) is 0 Å². The molecule has 4 heterocycles. The summed E-state index contributed by atoms with van der Waals surface area (Å²) in [5.74, 6) is 2.25. The van der Waals surface area contributed by atoms with Crippen molar-refractivity contribution in [1.82, 2.24) is 24.8 Å². The van der Waals surface area contributed by atoms with E-state index in [0.29, 0.717) is 17.2 Å². The second-order valence-electron chi connectivity index (χ2n) is 8.62. The van der Waals surface area contributed by atoms with E-state index in [1.165, 1.54) is 11.3 Å². The predicted molar refractivity (Wildman–Crippen MR) is 147 cm³/mol. The topological polar surface area (TPSA) is 69.1 Å². The number of benzene rings is 3. The number of nitrogens with zero attached hydrogens (tertiary/aromatic N) is 5. The molecule has 0 saturated heterocycles. The number of aromatic nitrogens is 5. The van der Waals surface area contributed by atoms with Gasteiger partial charge in [-0.3, -0.25) is 0 Å². The van der Waals surface area contributed by atoms with Crippen molar-refractivity contribution in [3.8, 4) is 33.3 Å². The van der Waals surface area contributed by atoms with E-state index in [2.05, 4.69) is 28.4 Å². The van der Waals surface area contributed by atoms with Gasteiger partial charge in [-0.1, -0.05) is 71.5 Å². The molecule has 6 nitrogen and oxygen atoms in total. The fourth-order valence-corrected chi connectivity index (χ4v) is 5.39.